The Kier molecular flexibility index (Phi) is 5.09. The molecule has 1 aromatic heterocycles. The topological polar surface area (TPSA) is 63.1 Å². The Hall–Kier alpha value is -3.17. The van der Waals surface area contributed by atoms with E-state index in [4.69, 9.17) is 5.26 Å². The van der Waals surface area contributed by atoms with E-state index in [1.807, 2.05) is 29.2 Å². The van der Waals surface area contributed by atoms with Crippen molar-refractivity contribution >= 4 is 16.8 Å². The number of rotatable bonds is 4. The number of piperazine rings is 1. The molecule has 0 spiro atoms. The monoisotopic (exact) mass is 376 g/mol. The lowest BCUT2D eigenvalue weighted by atomic mass is 10.1. The number of nitriles is 1. The lowest BCUT2D eigenvalue weighted by Crippen LogP contribution is -2.49. The van der Waals surface area contributed by atoms with Gasteiger partial charge in [-0.3, -0.25) is 9.69 Å². The molecule has 0 atom stereocenters. The fourth-order valence-electron chi connectivity index (χ4n) is 3.65. The molecule has 1 fully saturated rings. The molecule has 28 heavy (non-hydrogen) atoms. The molecule has 1 aliphatic heterocycles. The maximum atomic E-state index is 13.0. The number of nitrogens with one attached hydrogen (secondary N) is 1. The molecule has 4 rings (SSSR count). The van der Waals surface area contributed by atoms with Gasteiger partial charge in [0.25, 0.3) is 5.91 Å². The lowest BCUT2D eigenvalue weighted by Gasteiger charge is -2.34. The van der Waals surface area contributed by atoms with Gasteiger partial charge >= 0.3 is 0 Å². The van der Waals surface area contributed by atoms with Crippen molar-refractivity contribution < 1.29 is 9.18 Å². The third kappa shape index (κ3) is 3.75. The Morgan fingerprint density at radius 3 is 2.57 bits per heavy atom. The summed E-state index contributed by atoms with van der Waals surface area (Å²) >= 11 is 0. The first-order valence-corrected chi connectivity index (χ1v) is 9.41. The average molecular weight is 376 g/mol. The van der Waals surface area contributed by atoms with Gasteiger partial charge in [-0.1, -0.05) is 18.2 Å². The van der Waals surface area contributed by atoms with Gasteiger partial charge in [-0.15, -0.1) is 0 Å². The zero-order chi connectivity index (χ0) is 19.5. The number of nitrogens with zero attached hydrogens (tertiary/aromatic N) is 3. The molecule has 1 aliphatic rings. The van der Waals surface area contributed by atoms with Crippen molar-refractivity contribution in [1.82, 2.24) is 14.8 Å². The van der Waals surface area contributed by atoms with Gasteiger partial charge in [0.1, 0.15) is 11.9 Å². The summed E-state index contributed by atoms with van der Waals surface area (Å²) < 4.78 is 13.0. The van der Waals surface area contributed by atoms with Crippen LogP contribution in [0.15, 0.2) is 48.7 Å². The number of hydrogen-bond donors (Lipinski definition) is 1. The van der Waals surface area contributed by atoms with Gasteiger partial charge in [-0.05, 0) is 36.2 Å². The number of aromatic amines is 1. The van der Waals surface area contributed by atoms with E-state index in [1.165, 1.54) is 12.1 Å². The number of carbonyl (C=O) groups is 1. The maximum Gasteiger partial charge on any atom is 0.254 e. The molecule has 0 aliphatic carbocycles. The molecule has 0 bridgehead atoms. The smallest absolute Gasteiger partial charge is 0.254 e. The van der Waals surface area contributed by atoms with Crippen LogP contribution in [0, 0.1) is 17.1 Å². The number of fused-ring (bicyclic) bond motifs is 1. The molecule has 142 valence electrons. The van der Waals surface area contributed by atoms with E-state index in [9.17, 15) is 9.18 Å². The number of benzene rings is 2. The summed E-state index contributed by atoms with van der Waals surface area (Å²) in [6, 6.07) is 14.2. The molecule has 3 aromatic rings. The Morgan fingerprint density at radius 1 is 1.11 bits per heavy atom. The van der Waals surface area contributed by atoms with E-state index in [2.05, 4.69) is 16.0 Å². The van der Waals surface area contributed by atoms with Crippen LogP contribution in [0.25, 0.3) is 10.9 Å². The minimum absolute atomic E-state index is 0.0215. The quantitative estimate of drug-likeness (QED) is 0.761. The summed E-state index contributed by atoms with van der Waals surface area (Å²) in [6.45, 7) is 3.94. The molecule has 1 N–H and O–H groups in total. The van der Waals surface area contributed by atoms with Crippen molar-refractivity contribution in [1.29, 1.82) is 5.26 Å². The zero-order valence-corrected chi connectivity index (χ0v) is 15.5. The number of carbonyl (C=O) groups excluding carboxylic acids is 1. The highest BCUT2D eigenvalue weighted by Gasteiger charge is 2.22. The van der Waals surface area contributed by atoms with Gasteiger partial charge in [0.15, 0.2) is 0 Å². The summed E-state index contributed by atoms with van der Waals surface area (Å²) in [6.07, 6.45) is 2.54. The highest BCUT2D eigenvalue weighted by Crippen LogP contribution is 2.20. The van der Waals surface area contributed by atoms with Crippen LogP contribution in [0.4, 0.5) is 4.39 Å². The number of aromatic nitrogens is 1. The minimum atomic E-state index is -0.211. The summed E-state index contributed by atoms with van der Waals surface area (Å²) in [4.78, 5) is 20.1. The Balaban J connectivity index is 1.33. The average Bonchev–Trinajstić information content (AvgIpc) is 3.15. The normalized spacial score (nSPS) is 14.9. The third-order valence-corrected chi connectivity index (χ3v) is 5.34. The van der Waals surface area contributed by atoms with Crippen molar-refractivity contribution in [2.45, 2.75) is 6.42 Å². The molecule has 1 amide bonds. The first-order valence-electron chi connectivity index (χ1n) is 9.41. The molecule has 1 saturated heterocycles. The summed E-state index contributed by atoms with van der Waals surface area (Å²) in [5, 5.41) is 9.93. The van der Waals surface area contributed by atoms with Crippen molar-refractivity contribution in [3.05, 3.63) is 71.2 Å². The predicted octanol–water partition coefficient (Wildman–Crippen LogP) is 3.18. The molecule has 0 saturated carbocycles. The van der Waals surface area contributed by atoms with Crippen LogP contribution in [0.1, 0.15) is 21.5 Å². The van der Waals surface area contributed by atoms with Crippen molar-refractivity contribution in [3.63, 3.8) is 0 Å². The Bertz CT molecular complexity index is 1030. The van der Waals surface area contributed by atoms with Crippen molar-refractivity contribution in [2.24, 2.45) is 0 Å². The minimum Gasteiger partial charge on any atom is -0.360 e. The van der Waals surface area contributed by atoms with Crippen molar-refractivity contribution in [3.8, 4) is 6.07 Å². The molecule has 5 nitrogen and oxygen atoms in total. The van der Waals surface area contributed by atoms with Gasteiger partial charge in [0.05, 0.1) is 5.56 Å². The zero-order valence-electron chi connectivity index (χ0n) is 15.5. The molecule has 0 radical (unpaired) electrons. The second kappa shape index (κ2) is 7.83. The van der Waals surface area contributed by atoms with Gasteiger partial charge in [0.2, 0.25) is 0 Å². The highest BCUT2D eigenvalue weighted by atomic mass is 19.1. The molecule has 2 aromatic carbocycles. The fourth-order valence-corrected chi connectivity index (χ4v) is 3.65. The summed E-state index contributed by atoms with van der Waals surface area (Å²) in [7, 11) is 0. The summed E-state index contributed by atoms with van der Waals surface area (Å²) in [5.74, 6) is -0.189. The summed E-state index contributed by atoms with van der Waals surface area (Å²) in [5.41, 5.74) is 3.15. The molecular weight excluding hydrogens is 355 g/mol. The van der Waals surface area contributed by atoms with E-state index >= 15 is 0 Å². The van der Waals surface area contributed by atoms with E-state index in [0.29, 0.717) is 24.2 Å². The SMILES string of the molecule is N#Cc1c[nH]c2cc(C(=O)N3CCN(CCc4ccc(F)cc4)CC3)ccc12. The van der Waals surface area contributed by atoms with Gasteiger partial charge in [-0.25, -0.2) is 4.39 Å². The van der Waals surface area contributed by atoms with Crippen LogP contribution in [0.2, 0.25) is 0 Å². The van der Waals surface area contributed by atoms with Crippen molar-refractivity contribution in [2.75, 3.05) is 32.7 Å². The largest absolute Gasteiger partial charge is 0.360 e. The second-order valence-corrected chi connectivity index (χ2v) is 7.08. The van der Waals surface area contributed by atoms with Gasteiger partial charge in [0, 0.05) is 55.4 Å². The van der Waals surface area contributed by atoms with Crippen LogP contribution in [-0.4, -0.2) is 53.4 Å². The first kappa shape index (κ1) is 18.2. The number of H-pyrrole nitrogens is 1. The third-order valence-electron chi connectivity index (χ3n) is 5.34. The lowest BCUT2D eigenvalue weighted by molar-refractivity contribution is 0.0638. The second-order valence-electron chi connectivity index (χ2n) is 7.08. The molecular formula is C22H21FN4O. The number of amides is 1. The maximum absolute atomic E-state index is 13.0. The first-order chi connectivity index (χ1) is 13.6. The van der Waals surface area contributed by atoms with Gasteiger partial charge < -0.3 is 9.88 Å². The van der Waals surface area contributed by atoms with E-state index in [0.717, 1.165) is 42.5 Å². The van der Waals surface area contributed by atoms with E-state index in [1.54, 1.807) is 12.3 Å². The highest BCUT2D eigenvalue weighted by molar-refractivity contribution is 5.99. The Labute approximate surface area is 163 Å². The molecule has 2 heterocycles. The van der Waals surface area contributed by atoms with E-state index in [-0.39, 0.29) is 11.7 Å². The molecule has 0 unspecified atom stereocenters. The van der Waals surface area contributed by atoms with Crippen LogP contribution < -0.4 is 0 Å². The van der Waals surface area contributed by atoms with Crippen LogP contribution in [-0.2, 0) is 6.42 Å². The molecule has 6 heteroatoms. The van der Waals surface area contributed by atoms with Crippen LogP contribution in [0.5, 0.6) is 0 Å². The van der Waals surface area contributed by atoms with Gasteiger partial charge in [-0.2, -0.15) is 5.26 Å². The van der Waals surface area contributed by atoms with Crippen LogP contribution in [0.3, 0.4) is 0 Å². The fraction of sp³-hybridized carbons (Fsp3) is 0.273. The standard InChI is InChI=1S/C22H21FN4O/c23-19-4-1-16(2-5-19)7-8-26-9-11-27(12-10-26)22(28)17-3-6-20-18(14-24)15-25-21(20)13-17/h1-6,13,15,25H,7-12H2. The number of halogens is 1. The predicted molar refractivity (Wildman–Crippen MR) is 105 cm³/mol. The van der Waals surface area contributed by atoms with E-state index < -0.39 is 0 Å². The Morgan fingerprint density at radius 2 is 1.86 bits per heavy atom. The number of hydrogen-bond acceptors (Lipinski definition) is 3. The van der Waals surface area contributed by atoms with Crippen LogP contribution >= 0.6 is 0 Å².